The molecule has 2 heterocycles. The highest BCUT2D eigenvalue weighted by molar-refractivity contribution is 14.1. The molecule has 1 fully saturated rings. The minimum Gasteiger partial charge on any atom is -0.349 e. The minimum atomic E-state index is -0.681. The molecule has 9 nitrogen and oxygen atoms in total. The van der Waals surface area contributed by atoms with Crippen LogP contribution < -0.4 is 27.4 Å². The molecule has 2 N–H and O–H groups in total. The van der Waals surface area contributed by atoms with Gasteiger partial charge in [-0.15, -0.1) is 0 Å². The molecule has 0 bridgehead atoms. The number of rotatable bonds is 5. The van der Waals surface area contributed by atoms with Gasteiger partial charge in [-0.05, 0) is 78.8 Å². The van der Waals surface area contributed by atoms with E-state index in [0.29, 0.717) is 14.8 Å². The Hall–Kier alpha value is -3.74. The van der Waals surface area contributed by atoms with Crippen LogP contribution in [0, 0.1) is 16.3 Å². The van der Waals surface area contributed by atoms with Crippen LogP contribution in [0.4, 0.5) is 15.9 Å². The number of fused-ring (bicyclic) bond motifs is 1. The lowest BCUT2D eigenvalue weighted by Crippen LogP contribution is -2.40. The van der Waals surface area contributed by atoms with Crippen LogP contribution in [0.15, 0.2) is 56.8 Å². The van der Waals surface area contributed by atoms with Gasteiger partial charge in [0.05, 0.1) is 16.9 Å². The molecule has 0 atom stereocenters. The van der Waals surface area contributed by atoms with Gasteiger partial charge >= 0.3 is 5.69 Å². The van der Waals surface area contributed by atoms with Gasteiger partial charge in [-0.25, -0.2) is 9.18 Å². The lowest BCUT2D eigenvalue weighted by atomic mass is 10.1. The van der Waals surface area contributed by atoms with Crippen molar-refractivity contribution in [2.75, 3.05) is 5.32 Å². The highest BCUT2D eigenvalue weighted by Crippen LogP contribution is 2.27. The van der Waals surface area contributed by atoms with E-state index in [2.05, 4.69) is 10.6 Å². The second-order valence-corrected chi connectivity index (χ2v) is 10.3. The van der Waals surface area contributed by atoms with Crippen LogP contribution in [0.1, 0.15) is 28.8 Å². The standard InChI is InChI=1S/C26H23FIN5O4/c1-13-21-20(22(31(2)24(13)35)30-19-10-7-15(28)12-18(19)27)25(36)32(3)26(37)33(21)17-6-4-5-14(11-17)23(34)29-16-8-9-16/h4-7,10-12,16,30H,8-9H2,1-3H3,(H,29,34). The van der Waals surface area contributed by atoms with Crippen LogP contribution in [0.5, 0.6) is 0 Å². The predicted octanol–water partition coefficient (Wildman–Crippen LogP) is 3.08. The van der Waals surface area contributed by atoms with Gasteiger partial charge in [0.25, 0.3) is 17.0 Å². The largest absolute Gasteiger partial charge is 0.349 e. The summed E-state index contributed by atoms with van der Waals surface area (Å²) in [5, 5.41) is 5.84. The van der Waals surface area contributed by atoms with Gasteiger partial charge in [0.1, 0.15) is 17.0 Å². The predicted molar refractivity (Wildman–Crippen MR) is 148 cm³/mol. The summed E-state index contributed by atoms with van der Waals surface area (Å²) in [5.74, 6) is -0.786. The molecule has 0 spiro atoms. The maximum atomic E-state index is 14.7. The number of nitrogens with one attached hydrogen (secondary N) is 2. The van der Waals surface area contributed by atoms with Crippen molar-refractivity contribution in [3.63, 3.8) is 0 Å². The number of halogens is 2. The fourth-order valence-corrected chi connectivity index (χ4v) is 4.74. The van der Waals surface area contributed by atoms with E-state index >= 15 is 0 Å². The third-order valence-corrected chi connectivity index (χ3v) is 7.14. The van der Waals surface area contributed by atoms with Crippen LogP contribution in [0.3, 0.4) is 0 Å². The second-order valence-electron chi connectivity index (χ2n) is 9.09. The maximum Gasteiger partial charge on any atom is 0.335 e. The van der Waals surface area contributed by atoms with Crippen molar-refractivity contribution in [3.05, 3.63) is 94.2 Å². The first kappa shape index (κ1) is 24.9. The summed E-state index contributed by atoms with van der Waals surface area (Å²) in [7, 11) is 2.80. The first-order chi connectivity index (χ1) is 17.6. The third kappa shape index (κ3) is 4.37. The molecule has 190 valence electrons. The van der Waals surface area contributed by atoms with E-state index in [1.165, 1.54) is 42.3 Å². The number of carbonyl (C=O) groups excluding carboxylic acids is 1. The molecule has 37 heavy (non-hydrogen) atoms. The number of hydrogen-bond acceptors (Lipinski definition) is 5. The average Bonchev–Trinajstić information content (AvgIpc) is 3.69. The first-order valence-corrected chi connectivity index (χ1v) is 12.6. The minimum absolute atomic E-state index is 0.0347. The van der Waals surface area contributed by atoms with Crippen LogP contribution in [-0.2, 0) is 14.1 Å². The molecule has 0 unspecified atom stereocenters. The Morgan fingerprint density at radius 1 is 1.03 bits per heavy atom. The van der Waals surface area contributed by atoms with Gasteiger partial charge in [0.15, 0.2) is 0 Å². The van der Waals surface area contributed by atoms with Crippen LogP contribution in [-0.4, -0.2) is 25.7 Å². The quantitative estimate of drug-likeness (QED) is 0.336. The molecule has 1 saturated carbocycles. The first-order valence-electron chi connectivity index (χ1n) is 11.6. The van der Waals surface area contributed by atoms with E-state index in [1.807, 2.05) is 22.6 Å². The van der Waals surface area contributed by atoms with Crippen molar-refractivity contribution >= 4 is 50.9 Å². The molecule has 1 aliphatic rings. The topological polar surface area (TPSA) is 107 Å². The van der Waals surface area contributed by atoms with E-state index in [-0.39, 0.29) is 39.9 Å². The van der Waals surface area contributed by atoms with Gasteiger partial charge in [-0.2, -0.15) is 0 Å². The number of amides is 1. The summed E-state index contributed by atoms with van der Waals surface area (Å²) in [5.41, 5.74) is -0.816. The molecule has 1 aliphatic carbocycles. The number of aromatic nitrogens is 3. The van der Waals surface area contributed by atoms with Gasteiger partial charge in [0.2, 0.25) is 0 Å². The highest BCUT2D eigenvalue weighted by Gasteiger charge is 2.25. The van der Waals surface area contributed by atoms with Gasteiger partial charge in [0, 0.05) is 34.8 Å². The zero-order valence-electron chi connectivity index (χ0n) is 20.3. The Balaban J connectivity index is 1.81. The second kappa shape index (κ2) is 9.29. The number of anilines is 2. The average molecular weight is 615 g/mol. The Labute approximate surface area is 223 Å². The molecular formula is C26H23FIN5O4. The van der Waals surface area contributed by atoms with E-state index in [0.717, 1.165) is 17.4 Å². The molecule has 0 saturated heterocycles. The zero-order chi connectivity index (χ0) is 26.6. The van der Waals surface area contributed by atoms with Gasteiger partial charge in [-0.1, -0.05) is 6.07 Å². The Morgan fingerprint density at radius 2 is 1.76 bits per heavy atom. The number of aryl methyl sites for hydroxylation is 1. The van der Waals surface area contributed by atoms with Crippen LogP contribution >= 0.6 is 22.6 Å². The van der Waals surface area contributed by atoms with Gasteiger partial charge < -0.3 is 10.6 Å². The smallest absolute Gasteiger partial charge is 0.335 e. The number of benzene rings is 2. The van der Waals surface area contributed by atoms with E-state index in [9.17, 15) is 23.6 Å². The normalized spacial score (nSPS) is 13.1. The van der Waals surface area contributed by atoms with E-state index < -0.39 is 22.6 Å². The van der Waals surface area contributed by atoms with Crippen molar-refractivity contribution < 1.29 is 9.18 Å². The van der Waals surface area contributed by atoms with E-state index in [1.54, 1.807) is 30.3 Å². The lowest BCUT2D eigenvalue weighted by Gasteiger charge is -2.20. The molecule has 2 aromatic heterocycles. The van der Waals surface area contributed by atoms with Crippen LogP contribution in [0.25, 0.3) is 16.6 Å². The fourth-order valence-electron chi connectivity index (χ4n) is 4.29. The lowest BCUT2D eigenvalue weighted by molar-refractivity contribution is 0.0951. The monoisotopic (exact) mass is 615 g/mol. The van der Waals surface area contributed by atoms with Gasteiger partial charge in [-0.3, -0.25) is 28.1 Å². The van der Waals surface area contributed by atoms with Crippen molar-refractivity contribution in [1.82, 2.24) is 19.0 Å². The summed E-state index contributed by atoms with van der Waals surface area (Å²) in [6.07, 6.45) is 1.85. The Morgan fingerprint density at radius 3 is 2.43 bits per heavy atom. The molecule has 1 amide bonds. The van der Waals surface area contributed by atoms with E-state index in [4.69, 9.17) is 0 Å². The summed E-state index contributed by atoms with van der Waals surface area (Å²) < 4.78 is 18.8. The molecule has 2 aromatic carbocycles. The molecule has 11 heteroatoms. The molecule has 5 rings (SSSR count). The zero-order valence-corrected chi connectivity index (χ0v) is 22.4. The molecular weight excluding hydrogens is 592 g/mol. The molecule has 0 aliphatic heterocycles. The number of carbonyl (C=O) groups is 1. The molecule has 4 aromatic rings. The fraction of sp³-hybridized carbons (Fsp3) is 0.231. The maximum absolute atomic E-state index is 14.7. The van der Waals surface area contributed by atoms with Crippen molar-refractivity contribution in [2.24, 2.45) is 14.1 Å². The summed E-state index contributed by atoms with van der Waals surface area (Å²) >= 11 is 1.98. The SMILES string of the molecule is Cc1c(=O)n(C)c(Nc2ccc(I)cc2F)c2c(=O)n(C)c(=O)n(-c3cccc(C(=O)NC4CC4)c3)c12. The highest BCUT2D eigenvalue weighted by atomic mass is 127. The summed E-state index contributed by atoms with van der Waals surface area (Å²) in [6.45, 7) is 1.53. The third-order valence-electron chi connectivity index (χ3n) is 6.47. The van der Waals surface area contributed by atoms with Crippen molar-refractivity contribution in [3.8, 4) is 5.69 Å². The number of pyridine rings is 1. The summed E-state index contributed by atoms with van der Waals surface area (Å²) in [6, 6.07) is 11.1. The Bertz CT molecular complexity index is 1790. The Kier molecular flexibility index (Phi) is 6.26. The van der Waals surface area contributed by atoms with Crippen LogP contribution in [0.2, 0.25) is 0 Å². The van der Waals surface area contributed by atoms with Crippen molar-refractivity contribution in [1.29, 1.82) is 0 Å². The number of nitrogens with zero attached hydrogens (tertiary/aromatic N) is 3. The summed E-state index contributed by atoms with van der Waals surface area (Å²) in [4.78, 5) is 52.8. The molecule has 0 radical (unpaired) electrons. The van der Waals surface area contributed by atoms with Crippen molar-refractivity contribution in [2.45, 2.75) is 25.8 Å². The number of hydrogen-bond donors (Lipinski definition) is 2.